The van der Waals surface area contributed by atoms with Gasteiger partial charge in [-0.3, -0.25) is 4.79 Å². The molecule has 1 aliphatic heterocycles. The first-order chi connectivity index (χ1) is 9.72. The van der Waals surface area contributed by atoms with Crippen molar-refractivity contribution in [1.82, 2.24) is 10.3 Å². The van der Waals surface area contributed by atoms with Crippen molar-refractivity contribution < 1.29 is 9.53 Å². The van der Waals surface area contributed by atoms with E-state index >= 15 is 0 Å². The van der Waals surface area contributed by atoms with Crippen LogP contribution in [0.3, 0.4) is 0 Å². The third-order valence-electron chi connectivity index (χ3n) is 3.21. The third-order valence-corrected chi connectivity index (χ3v) is 4.34. The van der Waals surface area contributed by atoms with Gasteiger partial charge >= 0.3 is 0 Å². The van der Waals surface area contributed by atoms with Crippen LogP contribution < -0.4 is 16.0 Å². The number of carbonyl (C=O) groups excluding carboxylic acids is 1. The second kappa shape index (κ2) is 7.44. The lowest BCUT2D eigenvalue weighted by atomic mass is 10.1. The standard InChI is InChI=1S/C13H22N4O2S/c1-2-19-9-6-15-12(18)10-11(14)16-13(20-10)17-7-4-3-5-8-17/h2-9,14H2,1H3,(H,15,18). The Labute approximate surface area is 123 Å². The van der Waals surface area contributed by atoms with Gasteiger partial charge in [-0.1, -0.05) is 11.3 Å². The van der Waals surface area contributed by atoms with Crippen LogP contribution in [0, 0.1) is 0 Å². The van der Waals surface area contributed by atoms with Crippen molar-refractivity contribution in [2.75, 3.05) is 43.5 Å². The number of nitrogens with two attached hydrogens (primary N) is 1. The van der Waals surface area contributed by atoms with Gasteiger partial charge in [0.05, 0.1) is 6.61 Å². The molecule has 0 atom stereocenters. The lowest BCUT2D eigenvalue weighted by Gasteiger charge is -2.25. The molecule has 0 spiro atoms. The molecule has 0 bridgehead atoms. The molecule has 0 unspecified atom stereocenters. The highest BCUT2D eigenvalue weighted by Gasteiger charge is 2.20. The predicted molar refractivity (Wildman–Crippen MR) is 81.4 cm³/mol. The van der Waals surface area contributed by atoms with Gasteiger partial charge in [0.1, 0.15) is 10.7 Å². The Morgan fingerprint density at radius 3 is 2.90 bits per heavy atom. The summed E-state index contributed by atoms with van der Waals surface area (Å²) in [6, 6.07) is 0. The van der Waals surface area contributed by atoms with Crippen LogP contribution >= 0.6 is 11.3 Å². The fraction of sp³-hybridized carbons (Fsp3) is 0.692. The quantitative estimate of drug-likeness (QED) is 0.778. The number of rotatable bonds is 6. The van der Waals surface area contributed by atoms with Crippen LogP contribution in [0.2, 0.25) is 0 Å². The molecule has 0 saturated carbocycles. The Bertz CT molecular complexity index is 444. The van der Waals surface area contributed by atoms with Crippen molar-refractivity contribution in [2.24, 2.45) is 0 Å². The molecule has 6 nitrogen and oxygen atoms in total. The summed E-state index contributed by atoms with van der Waals surface area (Å²) in [6.45, 7) is 5.57. The second-order valence-electron chi connectivity index (χ2n) is 4.71. The summed E-state index contributed by atoms with van der Waals surface area (Å²) in [7, 11) is 0. The van der Waals surface area contributed by atoms with E-state index in [1.165, 1.54) is 30.6 Å². The van der Waals surface area contributed by atoms with E-state index in [2.05, 4.69) is 15.2 Å². The van der Waals surface area contributed by atoms with Crippen molar-refractivity contribution in [1.29, 1.82) is 0 Å². The van der Waals surface area contributed by atoms with Crippen LogP contribution in [-0.4, -0.2) is 43.7 Å². The zero-order chi connectivity index (χ0) is 14.4. The number of aromatic nitrogens is 1. The van der Waals surface area contributed by atoms with Crippen LogP contribution in [-0.2, 0) is 4.74 Å². The molecule has 1 aromatic heterocycles. The fourth-order valence-corrected chi connectivity index (χ4v) is 3.12. The van der Waals surface area contributed by atoms with Crippen molar-refractivity contribution in [3.63, 3.8) is 0 Å². The largest absolute Gasteiger partial charge is 0.382 e. The van der Waals surface area contributed by atoms with Gasteiger partial charge in [0.2, 0.25) is 0 Å². The average Bonchev–Trinajstić information content (AvgIpc) is 2.86. The van der Waals surface area contributed by atoms with Gasteiger partial charge in [-0.05, 0) is 26.2 Å². The Morgan fingerprint density at radius 2 is 2.20 bits per heavy atom. The topological polar surface area (TPSA) is 80.5 Å². The van der Waals surface area contributed by atoms with E-state index in [9.17, 15) is 4.79 Å². The molecular weight excluding hydrogens is 276 g/mol. The van der Waals surface area contributed by atoms with Crippen molar-refractivity contribution in [3.05, 3.63) is 4.88 Å². The van der Waals surface area contributed by atoms with Gasteiger partial charge in [-0.25, -0.2) is 4.98 Å². The molecule has 1 amide bonds. The number of ether oxygens (including phenoxy) is 1. The van der Waals surface area contributed by atoms with Gasteiger partial charge in [-0.2, -0.15) is 0 Å². The fourth-order valence-electron chi connectivity index (χ4n) is 2.16. The minimum absolute atomic E-state index is 0.164. The van der Waals surface area contributed by atoms with Gasteiger partial charge < -0.3 is 20.7 Å². The molecule has 112 valence electrons. The number of anilines is 2. The summed E-state index contributed by atoms with van der Waals surface area (Å²) < 4.78 is 5.18. The highest BCUT2D eigenvalue weighted by atomic mass is 32.1. The summed E-state index contributed by atoms with van der Waals surface area (Å²) in [5.41, 5.74) is 5.86. The number of nitrogen functional groups attached to an aromatic ring is 1. The third kappa shape index (κ3) is 3.83. The van der Waals surface area contributed by atoms with Crippen molar-refractivity contribution in [3.8, 4) is 0 Å². The summed E-state index contributed by atoms with van der Waals surface area (Å²) in [5.74, 6) is 0.160. The van der Waals surface area contributed by atoms with Crippen LogP contribution in [0.5, 0.6) is 0 Å². The molecule has 1 aliphatic rings. The Morgan fingerprint density at radius 1 is 1.45 bits per heavy atom. The van der Waals surface area contributed by atoms with E-state index in [0.29, 0.717) is 30.5 Å². The maximum atomic E-state index is 12.0. The summed E-state index contributed by atoms with van der Waals surface area (Å²) in [5, 5.41) is 3.66. The van der Waals surface area contributed by atoms with E-state index in [1.54, 1.807) is 0 Å². The molecule has 7 heteroatoms. The normalized spacial score (nSPS) is 15.3. The predicted octanol–water partition coefficient (Wildman–Crippen LogP) is 1.48. The minimum Gasteiger partial charge on any atom is -0.382 e. The Kier molecular flexibility index (Phi) is 5.60. The van der Waals surface area contributed by atoms with Crippen LogP contribution in [0.25, 0.3) is 0 Å². The first-order valence-electron chi connectivity index (χ1n) is 7.09. The number of hydrogen-bond acceptors (Lipinski definition) is 6. The van der Waals surface area contributed by atoms with E-state index in [1.807, 2.05) is 6.92 Å². The van der Waals surface area contributed by atoms with Crippen molar-refractivity contribution >= 4 is 28.2 Å². The minimum atomic E-state index is -0.164. The lowest BCUT2D eigenvalue weighted by molar-refractivity contribution is 0.0927. The lowest BCUT2D eigenvalue weighted by Crippen LogP contribution is -2.29. The summed E-state index contributed by atoms with van der Waals surface area (Å²) in [6.07, 6.45) is 3.62. The van der Waals surface area contributed by atoms with Crippen LogP contribution in [0.4, 0.5) is 10.9 Å². The number of amides is 1. The molecule has 3 N–H and O–H groups in total. The molecule has 20 heavy (non-hydrogen) atoms. The molecule has 1 saturated heterocycles. The van der Waals surface area contributed by atoms with E-state index in [-0.39, 0.29) is 5.91 Å². The zero-order valence-electron chi connectivity index (χ0n) is 11.9. The molecule has 2 heterocycles. The number of hydrogen-bond donors (Lipinski definition) is 2. The smallest absolute Gasteiger partial charge is 0.265 e. The maximum absolute atomic E-state index is 12.0. The van der Waals surface area contributed by atoms with Crippen LogP contribution in [0.1, 0.15) is 35.9 Å². The number of thiazole rings is 1. The molecule has 1 fully saturated rings. The van der Waals surface area contributed by atoms with E-state index in [0.717, 1.165) is 18.2 Å². The zero-order valence-corrected chi connectivity index (χ0v) is 12.7. The van der Waals surface area contributed by atoms with E-state index in [4.69, 9.17) is 10.5 Å². The molecule has 0 aromatic carbocycles. The number of nitrogens with zero attached hydrogens (tertiary/aromatic N) is 2. The van der Waals surface area contributed by atoms with Gasteiger partial charge in [0.25, 0.3) is 5.91 Å². The number of piperidine rings is 1. The number of carbonyl (C=O) groups is 1. The number of nitrogens with one attached hydrogen (secondary N) is 1. The highest BCUT2D eigenvalue weighted by molar-refractivity contribution is 7.18. The SMILES string of the molecule is CCOCCNC(=O)c1sc(N2CCCCC2)nc1N. The average molecular weight is 298 g/mol. The second-order valence-corrected chi connectivity index (χ2v) is 5.69. The van der Waals surface area contributed by atoms with Crippen molar-refractivity contribution in [2.45, 2.75) is 26.2 Å². The summed E-state index contributed by atoms with van der Waals surface area (Å²) >= 11 is 1.37. The molecule has 1 aromatic rings. The Balaban J connectivity index is 1.94. The molecule has 0 radical (unpaired) electrons. The highest BCUT2D eigenvalue weighted by Crippen LogP contribution is 2.29. The van der Waals surface area contributed by atoms with E-state index < -0.39 is 0 Å². The summed E-state index contributed by atoms with van der Waals surface area (Å²) in [4.78, 5) is 19.1. The molecule has 0 aliphatic carbocycles. The molecular formula is C13H22N4O2S. The monoisotopic (exact) mass is 298 g/mol. The maximum Gasteiger partial charge on any atom is 0.265 e. The first kappa shape index (κ1) is 15.1. The van der Waals surface area contributed by atoms with Gasteiger partial charge in [0.15, 0.2) is 5.13 Å². The van der Waals surface area contributed by atoms with Gasteiger partial charge in [0, 0.05) is 26.2 Å². The van der Waals surface area contributed by atoms with Gasteiger partial charge in [-0.15, -0.1) is 0 Å². The first-order valence-corrected chi connectivity index (χ1v) is 7.91. The molecule has 2 rings (SSSR count). The van der Waals surface area contributed by atoms with Crippen LogP contribution in [0.15, 0.2) is 0 Å². The Hall–Kier alpha value is -1.34.